The van der Waals surface area contributed by atoms with Crippen molar-refractivity contribution in [3.8, 4) is 0 Å². The first-order valence-corrected chi connectivity index (χ1v) is 9.06. The zero-order valence-electron chi connectivity index (χ0n) is 9.55. The average Bonchev–Trinajstić information content (AvgIpc) is 2.25. The molecule has 80 valence electrons. The summed E-state index contributed by atoms with van der Waals surface area (Å²) in [6.07, 6.45) is 6.18. The molecule has 3 heteroatoms. The van der Waals surface area contributed by atoms with Crippen LogP contribution in [0.1, 0.15) is 25.7 Å². The SMILES string of the molecule is C[Si](C)(C)/C=C/N1CCCCCC1=O. The molecule has 1 rings (SSSR count). The summed E-state index contributed by atoms with van der Waals surface area (Å²) < 4.78 is 0. The van der Waals surface area contributed by atoms with Crippen LogP contribution < -0.4 is 0 Å². The third kappa shape index (κ3) is 4.09. The largest absolute Gasteiger partial charge is 0.320 e. The second-order valence-corrected chi connectivity index (χ2v) is 10.1. The molecule has 0 aliphatic carbocycles. The first kappa shape index (κ1) is 11.5. The number of hydrogen-bond donors (Lipinski definition) is 0. The molecule has 0 spiro atoms. The minimum atomic E-state index is -1.16. The van der Waals surface area contributed by atoms with Gasteiger partial charge in [0.25, 0.3) is 0 Å². The second-order valence-electron chi connectivity index (χ2n) is 5.08. The smallest absolute Gasteiger partial charge is 0.226 e. The molecule has 0 saturated carbocycles. The highest BCUT2D eigenvalue weighted by atomic mass is 28.3. The van der Waals surface area contributed by atoms with E-state index in [-0.39, 0.29) is 0 Å². The zero-order valence-corrected chi connectivity index (χ0v) is 10.5. The van der Waals surface area contributed by atoms with Gasteiger partial charge in [-0.15, -0.1) is 0 Å². The lowest BCUT2D eigenvalue weighted by Crippen LogP contribution is -2.26. The number of amides is 1. The van der Waals surface area contributed by atoms with E-state index in [0.29, 0.717) is 5.91 Å². The molecular formula is C11H21NOSi. The molecule has 0 atom stereocenters. The van der Waals surface area contributed by atoms with E-state index in [0.717, 1.165) is 25.8 Å². The quantitative estimate of drug-likeness (QED) is 0.643. The summed E-state index contributed by atoms with van der Waals surface area (Å²) in [5.41, 5.74) is 2.25. The van der Waals surface area contributed by atoms with Crippen molar-refractivity contribution in [1.29, 1.82) is 0 Å². The Kier molecular flexibility index (Phi) is 3.93. The average molecular weight is 211 g/mol. The number of hydrogen-bond acceptors (Lipinski definition) is 1. The third-order valence-corrected chi connectivity index (χ3v) is 3.51. The minimum absolute atomic E-state index is 0.303. The van der Waals surface area contributed by atoms with Gasteiger partial charge >= 0.3 is 0 Å². The maximum Gasteiger partial charge on any atom is 0.226 e. The van der Waals surface area contributed by atoms with E-state index in [1.807, 2.05) is 11.1 Å². The van der Waals surface area contributed by atoms with Crippen LogP contribution in [0.4, 0.5) is 0 Å². The van der Waals surface area contributed by atoms with Gasteiger partial charge in [0.15, 0.2) is 0 Å². The Morgan fingerprint density at radius 2 is 1.93 bits per heavy atom. The van der Waals surface area contributed by atoms with Gasteiger partial charge in [-0.05, 0) is 19.0 Å². The molecule has 0 aromatic heterocycles. The van der Waals surface area contributed by atoms with Crippen LogP contribution in [0.2, 0.25) is 19.6 Å². The van der Waals surface area contributed by atoms with Gasteiger partial charge in [-0.1, -0.05) is 31.8 Å². The molecule has 1 heterocycles. The number of rotatable bonds is 2. The van der Waals surface area contributed by atoms with Crippen molar-refractivity contribution in [1.82, 2.24) is 4.90 Å². The number of likely N-dealkylation sites (tertiary alicyclic amines) is 1. The first-order chi connectivity index (χ1) is 6.49. The minimum Gasteiger partial charge on any atom is -0.320 e. The van der Waals surface area contributed by atoms with Gasteiger partial charge in [0.2, 0.25) is 5.91 Å². The summed E-state index contributed by atoms with van der Waals surface area (Å²) in [5.74, 6) is 0.303. The highest BCUT2D eigenvalue weighted by Gasteiger charge is 2.15. The number of carbonyl (C=O) groups is 1. The molecule has 14 heavy (non-hydrogen) atoms. The van der Waals surface area contributed by atoms with Crippen LogP contribution >= 0.6 is 0 Å². The maximum absolute atomic E-state index is 11.6. The van der Waals surface area contributed by atoms with E-state index >= 15 is 0 Å². The molecule has 1 aliphatic heterocycles. The van der Waals surface area contributed by atoms with Crippen LogP contribution in [0, 0.1) is 0 Å². The lowest BCUT2D eigenvalue weighted by atomic mass is 10.2. The van der Waals surface area contributed by atoms with Gasteiger partial charge in [0.05, 0.1) is 8.07 Å². The van der Waals surface area contributed by atoms with Crippen molar-refractivity contribution in [2.24, 2.45) is 0 Å². The van der Waals surface area contributed by atoms with E-state index in [1.165, 1.54) is 6.42 Å². The molecule has 0 radical (unpaired) electrons. The molecular weight excluding hydrogens is 190 g/mol. The van der Waals surface area contributed by atoms with E-state index < -0.39 is 8.07 Å². The molecule has 0 bridgehead atoms. The van der Waals surface area contributed by atoms with Gasteiger partial charge in [-0.2, -0.15) is 0 Å². The Morgan fingerprint density at radius 3 is 2.57 bits per heavy atom. The molecule has 0 aromatic rings. The first-order valence-electron chi connectivity index (χ1n) is 5.48. The summed E-state index contributed by atoms with van der Waals surface area (Å²) in [4.78, 5) is 13.5. The normalized spacial score (nSPS) is 20.2. The summed E-state index contributed by atoms with van der Waals surface area (Å²) in [7, 11) is -1.16. The van der Waals surface area contributed by atoms with E-state index in [4.69, 9.17) is 0 Å². The fraction of sp³-hybridized carbons (Fsp3) is 0.727. The second kappa shape index (κ2) is 4.78. The monoisotopic (exact) mass is 211 g/mol. The number of carbonyl (C=O) groups excluding carboxylic acids is 1. The van der Waals surface area contributed by atoms with Crippen molar-refractivity contribution in [2.75, 3.05) is 6.54 Å². The Balaban J connectivity index is 2.57. The molecule has 1 fully saturated rings. The summed E-state index contributed by atoms with van der Waals surface area (Å²) >= 11 is 0. The number of nitrogens with zero attached hydrogens (tertiary/aromatic N) is 1. The van der Waals surface area contributed by atoms with Gasteiger partial charge in [0, 0.05) is 13.0 Å². The van der Waals surface area contributed by atoms with Crippen LogP contribution in [0.25, 0.3) is 0 Å². The van der Waals surface area contributed by atoms with Gasteiger partial charge in [-0.3, -0.25) is 4.79 Å². The van der Waals surface area contributed by atoms with Crippen LogP contribution in [-0.2, 0) is 4.79 Å². The molecule has 2 nitrogen and oxygen atoms in total. The molecule has 0 aromatic carbocycles. The topological polar surface area (TPSA) is 20.3 Å². The fourth-order valence-corrected chi connectivity index (χ4v) is 2.10. The molecule has 1 saturated heterocycles. The van der Waals surface area contributed by atoms with Crippen molar-refractivity contribution < 1.29 is 4.79 Å². The molecule has 1 aliphatic rings. The predicted molar refractivity (Wildman–Crippen MR) is 62.7 cm³/mol. The van der Waals surface area contributed by atoms with E-state index in [2.05, 4.69) is 25.3 Å². The standard InChI is InChI=1S/C11H21NOSi/c1-14(2,3)10-9-12-8-6-4-5-7-11(12)13/h9-10H,4-8H2,1-3H3/b10-9+. The van der Waals surface area contributed by atoms with Gasteiger partial charge < -0.3 is 4.90 Å². The lowest BCUT2D eigenvalue weighted by Gasteiger charge is -2.17. The Morgan fingerprint density at radius 1 is 1.21 bits per heavy atom. The predicted octanol–water partition coefficient (Wildman–Crippen LogP) is 2.78. The summed E-state index contributed by atoms with van der Waals surface area (Å²) in [6, 6.07) is 0. The van der Waals surface area contributed by atoms with Crippen molar-refractivity contribution in [2.45, 2.75) is 45.3 Å². The van der Waals surface area contributed by atoms with Crippen LogP contribution in [0.3, 0.4) is 0 Å². The highest BCUT2D eigenvalue weighted by Crippen LogP contribution is 2.12. The van der Waals surface area contributed by atoms with Crippen molar-refractivity contribution >= 4 is 14.0 Å². The van der Waals surface area contributed by atoms with Crippen molar-refractivity contribution in [3.05, 3.63) is 11.9 Å². The van der Waals surface area contributed by atoms with Crippen molar-refractivity contribution in [3.63, 3.8) is 0 Å². The van der Waals surface area contributed by atoms with Gasteiger partial charge in [0.1, 0.15) is 0 Å². The third-order valence-electron chi connectivity index (χ3n) is 2.36. The Labute approximate surface area is 88.0 Å². The Bertz CT molecular complexity index is 230. The van der Waals surface area contributed by atoms with Crippen LogP contribution in [0.5, 0.6) is 0 Å². The fourth-order valence-electron chi connectivity index (χ4n) is 1.47. The molecule has 0 N–H and O–H groups in total. The molecule has 0 unspecified atom stereocenters. The van der Waals surface area contributed by atoms with Crippen LogP contribution in [0.15, 0.2) is 11.9 Å². The van der Waals surface area contributed by atoms with Crippen LogP contribution in [-0.4, -0.2) is 25.4 Å². The van der Waals surface area contributed by atoms with E-state index in [9.17, 15) is 4.79 Å². The lowest BCUT2D eigenvalue weighted by molar-refractivity contribution is -0.128. The maximum atomic E-state index is 11.6. The summed E-state index contributed by atoms with van der Waals surface area (Å²) in [5, 5.41) is 0. The summed E-state index contributed by atoms with van der Waals surface area (Å²) in [6.45, 7) is 7.77. The van der Waals surface area contributed by atoms with Gasteiger partial charge in [-0.25, -0.2) is 0 Å². The highest BCUT2D eigenvalue weighted by molar-refractivity contribution is 6.80. The van der Waals surface area contributed by atoms with E-state index in [1.54, 1.807) is 0 Å². The Hall–Kier alpha value is -0.573. The molecule has 1 amide bonds. The zero-order chi connectivity index (χ0) is 10.6.